The van der Waals surface area contributed by atoms with Gasteiger partial charge in [-0.25, -0.2) is 0 Å². The van der Waals surface area contributed by atoms with E-state index < -0.39 is 5.91 Å². The Kier molecular flexibility index (Phi) is 3.77. The van der Waals surface area contributed by atoms with Gasteiger partial charge in [-0.1, -0.05) is 35.9 Å². The van der Waals surface area contributed by atoms with Crippen LogP contribution >= 0.6 is 11.6 Å². The topological polar surface area (TPSA) is 82.9 Å². The number of nitrogens with zero attached hydrogens (tertiary/aromatic N) is 3. The Bertz CT molecular complexity index is 1230. The van der Waals surface area contributed by atoms with E-state index in [1.165, 1.54) is 4.68 Å². The number of carbonyl (C=O) groups is 1. The third-order valence-corrected chi connectivity index (χ3v) is 4.64. The molecule has 130 valence electrons. The molecule has 2 heterocycles. The molecule has 0 saturated carbocycles. The van der Waals surface area contributed by atoms with Crippen LogP contribution in [-0.2, 0) is 18.3 Å². The van der Waals surface area contributed by atoms with Crippen LogP contribution in [0.3, 0.4) is 0 Å². The van der Waals surface area contributed by atoms with Gasteiger partial charge in [0, 0.05) is 22.8 Å². The third kappa shape index (κ3) is 2.46. The zero-order valence-electron chi connectivity index (χ0n) is 13.9. The number of carbonyl (C=O) groups excluding carboxylic acids is 1. The summed E-state index contributed by atoms with van der Waals surface area (Å²) in [5.74, 6) is -0.511. The number of halogens is 1. The van der Waals surface area contributed by atoms with Gasteiger partial charge in [0.15, 0.2) is 0 Å². The van der Waals surface area contributed by atoms with Crippen molar-refractivity contribution in [2.45, 2.75) is 6.42 Å². The van der Waals surface area contributed by atoms with Crippen LogP contribution in [0.5, 0.6) is 0 Å². The molecule has 4 aromatic rings. The summed E-state index contributed by atoms with van der Waals surface area (Å²) in [5, 5.41) is 6.47. The van der Waals surface area contributed by atoms with E-state index in [0.29, 0.717) is 27.3 Å². The first-order chi connectivity index (χ1) is 12.5. The second-order valence-electron chi connectivity index (χ2n) is 6.09. The summed E-state index contributed by atoms with van der Waals surface area (Å²) in [5.41, 5.74) is 7.48. The van der Waals surface area contributed by atoms with Gasteiger partial charge in [0.25, 0.3) is 5.56 Å². The van der Waals surface area contributed by atoms with Crippen molar-refractivity contribution < 1.29 is 4.79 Å². The number of amides is 1. The van der Waals surface area contributed by atoms with Gasteiger partial charge in [-0.2, -0.15) is 9.78 Å². The molecule has 0 radical (unpaired) electrons. The molecule has 0 atom stereocenters. The van der Waals surface area contributed by atoms with Crippen molar-refractivity contribution >= 4 is 39.3 Å². The summed E-state index contributed by atoms with van der Waals surface area (Å²) < 4.78 is 3.09. The van der Waals surface area contributed by atoms with Crippen molar-refractivity contribution in [3.05, 3.63) is 69.6 Å². The lowest BCUT2D eigenvalue weighted by Gasteiger charge is -2.09. The Hall–Kier alpha value is -3.12. The molecule has 4 rings (SSSR count). The van der Waals surface area contributed by atoms with Crippen molar-refractivity contribution in [1.29, 1.82) is 0 Å². The highest BCUT2D eigenvalue weighted by Gasteiger charge is 2.20. The van der Waals surface area contributed by atoms with Crippen molar-refractivity contribution in [1.82, 2.24) is 14.3 Å². The average Bonchev–Trinajstić information content (AvgIpc) is 2.91. The number of hydrogen-bond acceptors (Lipinski definition) is 3. The van der Waals surface area contributed by atoms with Crippen molar-refractivity contribution in [2.24, 2.45) is 12.8 Å². The molecule has 2 aromatic heterocycles. The number of rotatable bonds is 3. The number of aryl methyl sites for hydroxylation is 1. The molecule has 26 heavy (non-hydrogen) atoms. The minimum Gasteiger partial charge on any atom is -0.369 e. The highest BCUT2D eigenvalue weighted by atomic mass is 35.5. The van der Waals surface area contributed by atoms with Crippen LogP contribution in [0.1, 0.15) is 5.69 Å². The molecule has 0 unspecified atom stereocenters. The largest absolute Gasteiger partial charge is 0.369 e. The van der Waals surface area contributed by atoms with Gasteiger partial charge < -0.3 is 10.3 Å². The average molecular weight is 367 g/mol. The van der Waals surface area contributed by atoms with E-state index >= 15 is 0 Å². The first-order valence-electron chi connectivity index (χ1n) is 8.01. The van der Waals surface area contributed by atoms with E-state index in [4.69, 9.17) is 17.3 Å². The third-order valence-electron chi connectivity index (χ3n) is 4.41. The highest BCUT2D eigenvalue weighted by molar-refractivity contribution is 6.31. The van der Waals surface area contributed by atoms with E-state index in [0.717, 1.165) is 10.9 Å². The Morgan fingerprint density at radius 2 is 1.92 bits per heavy atom. The summed E-state index contributed by atoms with van der Waals surface area (Å²) >= 11 is 6.12. The van der Waals surface area contributed by atoms with Crippen LogP contribution in [-0.4, -0.2) is 20.3 Å². The van der Waals surface area contributed by atoms with Gasteiger partial charge >= 0.3 is 0 Å². The monoisotopic (exact) mass is 366 g/mol. The first-order valence-corrected chi connectivity index (χ1v) is 8.38. The number of fused-ring (bicyclic) bond motifs is 3. The molecule has 0 bridgehead atoms. The van der Waals surface area contributed by atoms with Crippen molar-refractivity contribution in [3.8, 4) is 5.69 Å². The summed E-state index contributed by atoms with van der Waals surface area (Å²) in [4.78, 5) is 24.8. The molecule has 6 nitrogen and oxygen atoms in total. The molecule has 0 aliphatic heterocycles. The molecule has 0 aliphatic carbocycles. The SMILES string of the molecule is Cn1c2cc(Cl)ccc2c2c(CC(N)=O)nn(-c3ccccc3)c(=O)c21. The molecular weight excluding hydrogens is 352 g/mol. The molecule has 0 saturated heterocycles. The Balaban J connectivity index is 2.19. The second-order valence-corrected chi connectivity index (χ2v) is 6.52. The van der Waals surface area contributed by atoms with Crippen molar-refractivity contribution in [2.75, 3.05) is 0 Å². The summed E-state index contributed by atoms with van der Waals surface area (Å²) in [6.07, 6.45) is -0.0641. The molecule has 2 aromatic carbocycles. The number of hydrogen-bond donors (Lipinski definition) is 1. The minimum atomic E-state index is -0.511. The summed E-state index contributed by atoms with van der Waals surface area (Å²) in [6, 6.07) is 14.4. The van der Waals surface area contributed by atoms with Gasteiger partial charge in [0.05, 0.1) is 23.3 Å². The van der Waals surface area contributed by atoms with Gasteiger partial charge in [0.2, 0.25) is 5.91 Å². The quantitative estimate of drug-likeness (QED) is 0.605. The molecule has 1 amide bonds. The normalized spacial score (nSPS) is 11.3. The predicted molar refractivity (Wildman–Crippen MR) is 102 cm³/mol. The number of benzene rings is 2. The fourth-order valence-electron chi connectivity index (χ4n) is 3.30. The van der Waals surface area contributed by atoms with Crippen LogP contribution in [0.2, 0.25) is 5.02 Å². The van der Waals surface area contributed by atoms with Gasteiger partial charge in [-0.15, -0.1) is 0 Å². The van der Waals surface area contributed by atoms with Crippen LogP contribution in [0.25, 0.3) is 27.5 Å². The van der Waals surface area contributed by atoms with Crippen LogP contribution in [0.15, 0.2) is 53.3 Å². The van der Waals surface area contributed by atoms with E-state index in [-0.39, 0.29) is 12.0 Å². The van der Waals surface area contributed by atoms with Gasteiger partial charge in [-0.05, 0) is 24.3 Å². The minimum absolute atomic E-state index is 0.0641. The summed E-state index contributed by atoms with van der Waals surface area (Å²) in [6.45, 7) is 0. The second kappa shape index (κ2) is 6.00. The molecule has 0 aliphatic rings. The van der Waals surface area contributed by atoms with Crippen LogP contribution < -0.4 is 11.3 Å². The number of nitrogens with two attached hydrogens (primary N) is 1. The Labute approximate surface area is 153 Å². The molecule has 0 fully saturated rings. The molecule has 7 heteroatoms. The van der Waals surface area contributed by atoms with E-state index in [9.17, 15) is 9.59 Å². The predicted octanol–water partition coefficient (Wildman–Crippen LogP) is 2.56. The van der Waals surface area contributed by atoms with E-state index in [1.807, 2.05) is 24.3 Å². The van der Waals surface area contributed by atoms with E-state index in [2.05, 4.69) is 5.10 Å². The lowest BCUT2D eigenvalue weighted by Crippen LogP contribution is -2.26. The Morgan fingerprint density at radius 3 is 2.62 bits per heavy atom. The molecular formula is C19H15ClN4O2. The lowest BCUT2D eigenvalue weighted by atomic mass is 10.1. The maximum Gasteiger partial charge on any atom is 0.296 e. The van der Waals surface area contributed by atoms with Crippen LogP contribution in [0.4, 0.5) is 0 Å². The lowest BCUT2D eigenvalue weighted by molar-refractivity contribution is -0.117. The number of primary amides is 1. The standard InChI is InChI=1S/C19H15ClN4O2/c1-23-15-9-11(20)7-8-13(15)17-14(10-16(21)25)22-24(19(26)18(17)23)12-5-3-2-4-6-12/h2-9H,10H2,1H3,(H2,21,25). The fraction of sp³-hybridized carbons (Fsp3) is 0.105. The zero-order valence-corrected chi connectivity index (χ0v) is 14.7. The summed E-state index contributed by atoms with van der Waals surface area (Å²) in [7, 11) is 1.80. The smallest absolute Gasteiger partial charge is 0.296 e. The maximum atomic E-state index is 13.2. The Morgan fingerprint density at radius 1 is 1.19 bits per heavy atom. The molecule has 2 N–H and O–H groups in total. The highest BCUT2D eigenvalue weighted by Crippen LogP contribution is 2.30. The molecule has 0 spiro atoms. The first kappa shape index (κ1) is 16.4. The van der Waals surface area contributed by atoms with Crippen LogP contribution in [0, 0.1) is 0 Å². The number of aromatic nitrogens is 3. The zero-order chi connectivity index (χ0) is 18.4. The van der Waals surface area contributed by atoms with Gasteiger partial charge in [0.1, 0.15) is 5.52 Å². The fourth-order valence-corrected chi connectivity index (χ4v) is 3.47. The van der Waals surface area contributed by atoms with Gasteiger partial charge in [-0.3, -0.25) is 9.59 Å². The maximum absolute atomic E-state index is 13.2. The number of para-hydroxylation sites is 1. The van der Waals surface area contributed by atoms with Crippen molar-refractivity contribution in [3.63, 3.8) is 0 Å². The van der Waals surface area contributed by atoms with E-state index in [1.54, 1.807) is 35.9 Å².